The van der Waals surface area contributed by atoms with Gasteiger partial charge in [0.25, 0.3) is 0 Å². The van der Waals surface area contributed by atoms with E-state index in [0.29, 0.717) is 5.41 Å². The van der Waals surface area contributed by atoms with Crippen LogP contribution in [-0.4, -0.2) is 36.6 Å². The first-order valence-electron chi connectivity index (χ1n) is 8.11. The molecular formula is C16H32N2. The van der Waals surface area contributed by atoms with E-state index in [2.05, 4.69) is 31.0 Å². The maximum atomic E-state index is 3.60. The highest BCUT2D eigenvalue weighted by molar-refractivity contribution is 4.93. The van der Waals surface area contributed by atoms with Gasteiger partial charge in [-0.1, -0.05) is 33.6 Å². The molecule has 0 bridgehead atoms. The summed E-state index contributed by atoms with van der Waals surface area (Å²) >= 11 is 0. The van der Waals surface area contributed by atoms with Crippen LogP contribution < -0.4 is 5.32 Å². The molecule has 2 rings (SSSR count). The van der Waals surface area contributed by atoms with E-state index in [1.165, 1.54) is 64.6 Å². The Morgan fingerprint density at radius 2 is 2.00 bits per heavy atom. The fourth-order valence-electron chi connectivity index (χ4n) is 4.06. The van der Waals surface area contributed by atoms with E-state index >= 15 is 0 Å². The van der Waals surface area contributed by atoms with Crippen molar-refractivity contribution in [1.29, 1.82) is 0 Å². The lowest BCUT2D eigenvalue weighted by Crippen LogP contribution is -2.55. The van der Waals surface area contributed by atoms with Crippen molar-refractivity contribution in [1.82, 2.24) is 10.2 Å². The van der Waals surface area contributed by atoms with Crippen LogP contribution in [0.5, 0.6) is 0 Å². The summed E-state index contributed by atoms with van der Waals surface area (Å²) in [5.41, 5.74) is 0.519. The SMILES string of the molecule is CCCN(C1CCCNC1)C1CCCCC1(C)C. The van der Waals surface area contributed by atoms with Crippen molar-refractivity contribution < 1.29 is 0 Å². The number of rotatable bonds is 4. The Hall–Kier alpha value is -0.0800. The van der Waals surface area contributed by atoms with Crippen LogP contribution in [0.2, 0.25) is 0 Å². The van der Waals surface area contributed by atoms with Crippen molar-refractivity contribution in [2.45, 2.75) is 77.8 Å². The molecule has 0 aromatic heterocycles. The van der Waals surface area contributed by atoms with Crippen molar-refractivity contribution in [3.05, 3.63) is 0 Å². The van der Waals surface area contributed by atoms with E-state index in [1.807, 2.05) is 0 Å². The first-order chi connectivity index (χ1) is 8.65. The standard InChI is InChI=1S/C16H32N2/c1-4-12-18(14-8-7-11-17-13-14)15-9-5-6-10-16(15,2)3/h14-15,17H,4-13H2,1-3H3. The smallest absolute Gasteiger partial charge is 0.0224 e. The van der Waals surface area contributed by atoms with Crippen molar-refractivity contribution in [3.63, 3.8) is 0 Å². The number of nitrogens with zero attached hydrogens (tertiary/aromatic N) is 1. The maximum absolute atomic E-state index is 3.60. The minimum atomic E-state index is 0.519. The van der Waals surface area contributed by atoms with Crippen LogP contribution in [0.4, 0.5) is 0 Å². The van der Waals surface area contributed by atoms with Crippen molar-refractivity contribution in [3.8, 4) is 0 Å². The highest BCUT2D eigenvalue weighted by Gasteiger charge is 2.38. The Kier molecular flexibility index (Phi) is 5.08. The summed E-state index contributed by atoms with van der Waals surface area (Å²) < 4.78 is 0. The summed E-state index contributed by atoms with van der Waals surface area (Å²) in [5, 5.41) is 3.60. The molecule has 1 aliphatic carbocycles. The lowest BCUT2D eigenvalue weighted by atomic mass is 9.72. The Balaban J connectivity index is 2.07. The van der Waals surface area contributed by atoms with Gasteiger partial charge in [0, 0.05) is 18.6 Å². The molecule has 18 heavy (non-hydrogen) atoms. The van der Waals surface area contributed by atoms with Crippen molar-refractivity contribution in [2.24, 2.45) is 5.41 Å². The monoisotopic (exact) mass is 252 g/mol. The molecule has 1 saturated heterocycles. The fraction of sp³-hybridized carbons (Fsp3) is 1.00. The summed E-state index contributed by atoms with van der Waals surface area (Å²) in [6.45, 7) is 11.1. The topological polar surface area (TPSA) is 15.3 Å². The summed E-state index contributed by atoms with van der Waals surface area (Å²) in [6, 6.07) is 1.61. The Morgan fingerprint density at radius 1 is 1.17 bits per heavy atom. The molecule has 2 aliphatic rings. The van der Waals surface area contributed by atoms with Gasteiger partial charge in [-0.15, -0.1) is 0 Å². The molecule has 2 heteroatoms. The minimum Gasteiger partial charge on any atom is -0.315 e. The molecule has 0 aromatic carbocycles. The normalized spacial score (nSPS) is 32.7. The summed E-state index contributed by atoms with van der Waals surface area (Å²) in [7, 11) is 0. The van der Waals surface area contributed by atoms with Gasteiger partial charge in [0.2, 0.25) is 0 Å². The molecule has 2 fully saturated rings. The van der Waals surface area contributed by atoms with Gasteiger partial charge >= 0.3 is 0 Å². The highest BCUT2D eigenvalue weighted by atomic mass is 15.2. The molecule has 2 nitrogen and oxygen atoms in total. The van der Waals surface area contributed by atoms with Gasteiger partial charge in [0.15, 0.2) is 0 Å². The Morgan fingerprint density at radius 3 is 2.61 bits per heavy atom. The number of hydrogen-bond donors (Lipinski definition) is 1. The number of piperidine rings is 1. The van der Waals surface area contributed by atoms with Crippen LogP contribution in [0.1, 0.15) is 65.7 Å². The van der Waals surface area contributed by atoms with E-state index in [9.17, 15) is 0 Å². The number of hydrogen-bond acceptors (Lipinski definition) is 2. The largest absolute Gasteiger partial charge is 0.315 e. The van der Waals surface area contributed by atoms with Gasteiger partial charge in [-0.25, -0.2) is 0 Å². The molecule has 0 spiro atoms. The zero-order valence-corrected chi connectivity index (χ0v) is 12.7. The Labute approximate surface area is 114 Å². The van der Waals surface area contributed by atoms with E-state index in [1.54, 1.807) is 0 Å². The average Bonchev–Trinajstić information content (AvgIpc) is 2.37. The molecule has 0 radical (unpaired) electrons. The quantitative estimate of drug-likeness (QED) is 0.825. The second kappa shape index (κ2) is 6.38. The van der Waals surface area contributed by atoms with Crippen molar-refractivity contribution >= 4 is 0 Å². The van der Waals surface area contributed by atoms with Gasteiger partial charge < -0.3 is 5.32 Å². The summed E-state index contributed by atoms with van der Waals surface area (Å²) in [4.78, 5) is 2.87. The van der Waals surface area contributed by atoms with Gasteiger partial charge in [-0.3, -0.25) is 4.90 Å². The van der Waals surface area contributed by atoms with E-state index in [0.717, 1.165) is 12.1 Å². The Bertz CT molecular complexity index is 243. The third-order valence-corrected chi connectivity index (χ3v) is 5.07. The fourth-order valence-corrected chi connectivity index (χ4v) is 4.06. The zero-order chi connectivity index (χ0) is 13.0. The third kappa shape index (κ3) is 3.27. The minimum absolute atomic E-state index is 0.519. The van der Waals surface area contributed by atoms with Crippen LogP contribution in [0, 0.1) is 5.41 Å². The highest BCUT2D eigenvalue weighted by Crippen LogP contribution is 2.40. The van der Waals surface area contributed by atoms with Gasteiger partial charge in [-0.05, 0) is 50.6 Å². The molecule has 0 amide bonds. The number of nitrogens with one attached hydrogen (secondary N) is 1. The first-order valence-corrected chi connectivity index (χ1v) is 8.11. The molecule has 2 atom stereocenters. The summed E-state index contributed by atoms with van der Waals surface area (Å²) in [6.07, 6.45) is 9.77. The summed E-state index contributed by atoms with van der Waals surface area (Å²) in [5.74, 6) is 0. The molecular weight excluding hydrogens is 220 g/mol. The van der Waals surface area contributed by atoms with Crippen LogP contribution >= 0.6 is 0 Å². The third-order valence-electron chi connectivity index (χ3n) is 5.07. The molecule has 1 aliphatic heterocycles. The molecule has 106 valence electrons. The van der Waals surface area contributed by atoms with E-state index < -0.39 is 0 Å². The predicted octanol–water partition coefficient (Wildman–Crippen LogP) is 3.42. The molecule has 1 N–H and O–H groups in total. The van der Waals surface area contributed by atoms with Crippen LogP contribution in [-0.2, 0) is 0 Å². The second-order valence-corrected chi connectivity index (χ2v) is 6.99. The second-order valence-electron chi connectivity index (χ2n) is 6.99. The first kappa shape index (κ1) is 14.3. The van der Waals surface area contributed by atoms with Crippen LogP contribution in [0.15, 0.2) is 0 Å². The molecule has 2 unspecified atom stereocenters. The maximum Gasteiger partial charge on any atom is 0.0224 e. The van der Waals surface area contributed by atoms with Gasteiger partial charge in [0.1, 0.15) is 0 Å². The van der Waals surface area contributed by atoms with Gasteiger partial charge in [0.05, 0.1) is 0 Å². The van der Waals surface area contributed by atoms with Crippen LogP contribution in [0.25, 0.3) is 0 Å². The zero-order valence-electron chi connectivity index (χ0n) is 12.7. The van der Waals surface area contributed by atoms with E-state index in [-0.39, 0.29) is 0 Å². The lowest BCUT2D eigenvalue weighted by Gasteiger charge is -2.49. The van der Waals surface area contributed by atoms with Crippen LogP contribution in [0.3, 0.4) is 0 Å². The lowest BCUT2D eigenvalue weighted by molar-refractivity contribution is 0.0107. The molecule has 0 aromatic rings. The average molecular weight is 252 g/mol. The molecule has 1 saturated carbocycles. The predicted molar refractivity (Wildman–Crippen MR) is 78.9 cm³/mol. The van der Waals surface area contributed by atoms with Gasteiger partial charge in [-0.2, -0.15) is 0 Å². The van der Waals surface area contributed by atoms with Crippen molar-refractivity contribution in [2.75, 3.05) is 19.6 Å². The molecule has 1 heterocycles. The van der Waals surface area contributed by atoms with E-state index in [4.69, 9.17) is 0 Å².